The maximum absolute atomic E-state index is 14.0. The van der Waals surface area contributed by atoms with Crippen LogP contribution in [0.25, 0.3) is 0 Å². The van der Waals surface area contributed by atoms with Gasteiger partial charge in [0, 0.05) is 17.9 Å². The lowest BCUT2D eigenvalue weighted by Gasteiger charge is -2.50. The molecule has 1 aliphatic carbocycles. The van der Waals surface area contributed by atoms with Gasteiger partial charge < -0.3 is 34.3 Å². The third-order valence-electron chi connectivity index (χ3n) is 12.4. The number of benzene rings is 3. The number of esters is 3. The Balaban J connectivity index is 0.000000219. The molecular weight excluding hydrogens is 953 g/mol. The third kappa shape index (κ3) is 11.4. The van der Waals surface area contributed by atoms with E-state index in [0.717, 1.165) is 32.7 Å². The highest BCUT2D eigenvalue weighted by Crippen LogP contribution is 2.50. The molecule has 5 aromatic rings. The van der Waals surface area contributed by atoms with Crippen molar-refractivity contribution in [1.29, 1.82) is 0 Å². The van der Waals surface area contributed by atoms with Crippen molar-refractivity contribution < 1.29 is 54.9 Å². The summed E-state index contributed by atoms with van der Waals surface area (Å²) in [5.74, 6) is -0.951. The fourth-order valence-corrected chi connectivity index (χ4v) is 11.8. The highest BCUT2D eigenvalue weighted by Gasteiger charge is 2.49. The highest BCUT2D eigenvalue weighted by molar-refractivity contribution is 7.90. The Labute approximate surface area is 415 Å². The molecule has 71 heavy (non-hydrogen) atoms. The van der Waals surface area contributed by atoms with Crippen LogP contribution in [0.2, 0.25) is 0 Å². The molecule has 20 heteroatoms. The highest BCUT2D eigenvalue weighted by atomic mass is 32.2. The second-order valence-electron chi connectivity index (χ2n) is 21.0. The zero-order chi connectivity index (χ0) is 51.8. The normalized spacial score (nSPS) is 19.5. The molecule has 3 aromatic carbocycles. The Kier molecular flexibility index (Phi) is 15.0. The van der Waals surface area contributed by atoms with Gasteiger partial charge >= 0.3 is 23.9 Å². The number of aromatic nitrogens is 4. The number of para-hydroxylation sites is 1. The Morgan fingerprint density at radius 3 is 2.00 bits per heavy atom. The van der Waals surface area contributed by atoms with Crippen LogP contribution in [0.15, 0.2) is 88.9 Å². The maximum atomic E-state index is 14.0. The molecule has 0 radical (unpaired) electrons. The van der Waals surface area contributed by atoms with Crippen LogP contribution in [0, 0.1) is 34.5 Å². The molecule has 0 spiro atoms. The van der Waals surface area contributed by atoms with E-state index in [1.807, 2.05) is 44.2 Å². The zero-order valence-electron chi connectivity index (χ0n) is 42.0. The molecule has 2 aromatic heterocycles. The van der Waals surface area contributed by atoms with Crippen LogP contribution >= 0.6 is 0 Å². The predicted octanol–water partition coefficient (Wildman–Crippen LogP) is 9.36. The Morgan fingerprint density at radius 1 is 0.746 bits per heavy atom. The van der Waals surface area contributed by atoms with Crippen molar-refractivity contribution in [2.24, 2.45) is 34.5 Å². The van der Waals surface area contributed by atoms with Gasteiger partial charge in [0.25, 0.3) is 20.0 Å². The van der Waals surface area contributed by atoms with Crippen molar-refractivity contribution in [1.82, 2.24) is 17.9 Å². The van der Waals surface area contributed by atoms with Gasteiger partial charge in [-0.15, -0.1) is 0 Å². The van der Waals surface area contributed by atoms with E-state index in [0.29, 0.717) is 29.6 Å². The van der Waals surface area contributed by atoms with Crippen LogP contribution in [-0.2, 0) is 45.7 Å². The van der Waals surface area contributed by atoms with Crippen molar-refractivity contribution in [2.45, 2.75) is 118 Å². The van der Waals surface area contributed by atoms with Crippen molar-refractivity contribution in [2.75, 3.05) is 23.8 Å². The summed E-state index contributed by atoms with van der Waals surface area (Å²) in [6.45, 7) is 22.3. The van der Waals surface area contributed by atoms with Crippen molar-refractivity contribution in [3.63, 3.8) is 0 Å². The number of hydrogen-bond donors (Lipinski definition) is 2. The van der Waals surface area contributed by atoms with Crippen LogP contribution in [-0.4, -0.2) is 78.1 Å². The Hall–Kier alpha value is -6.41. The quantitative estimate of drug-likeness (QED) is 0.0859. The molecule has 2 aliphatic heterocycles. The number of rotatable bonds is 12. The molecular formula is C51H64N6O12S2. The maximum Gasteiger partial charge on any atom is 0.361 e. The summed E-state index contributed by atoms with van der Waals surface area (Å²) < 4.78 is 83.3. The molecule has 1 saturated carbocycles. The van der Waals surface area contributed by atoms with Gasteiger partial charge in [0.05, 0.1) is 24.1 Å². The van der Waals surface area contributed by atoms with Crippen molar-refractivity contribution in [3.05, 3.63) is 96.1 Å². The average Bonchev–Trinajstić information content (AvgIpc) is 3.90. The number of ether oxygens (including phenoxy) is 5. The Bertz CT molecular complexity index is 2980. The summed E-state index contributed by atoms with van der Waals surface area (Å²) >= 11 is 0. The first-order valence-corrected chi connectivity index (χ1v) is 26.5. The van der Waals surface area contributed by atoms with E-state index >= 15 is 0 Å². The van der Waals surface area contributed by atoms with Crippen LogP contribution < -0.4 is 20.1 Å². The largest absolute Gasteiger partial charge is 0.489 e. The molecule has 18 nitrogen and oxygen atoms in total. The average molecular weight is 1020 g/mol. The summed E-state index contributed by atoms with van der Waals surface area (Å²) in [6.07, 6.45) is 2.12. The number of carbonyl (C=O) groups excluding carboxylic acids is 3. The summed E-state index contributed by atoms with van der Waals surface area (Å²) in [7, 11) is -8.16. The first-order valence-electron chi connectivity index (χ1n) is 23.6. The number of nitrogens with zero attached hydrogens (tertiary/aromatic N) is 4. The minimum absolute atomic E-state index is 0.0127. The molecule has 4 heterocycles. The lowest BCUT2D eigenvalue weighted by atomic mass is 9.59. The first kappa shape index (κ1) is 52.4. The molecule has 0 amide bonds. The van der Waals surface area contributed by atoms with Gasteiger partial charge in [-0.25, -0.2) is 40.2 Å². The van der Waals surface area contributed by atoms with Gasteiger partial charge in [-0.2, -0.15) is 8.96 Å². The number of imidazole rings is 2. The summed E-state index contributed by atoms with van der Waals surface area (Å²) in [5.41, 5.74) is 1.03. The number of anilines is 4. The molecule has 1 fully saturated rings. The van der Waals surface area contributed by atoms with E-state index in [1.54, 1.807) is 44.2 Å². The van der Waals surface area contributed by atoms with Crippen molar-refractivity contribution in [3.8, 4) is 11.8 Å². The van der Waals surface area contributed by atoms with Gasteiger partial charge in [0.1, 0.15) is 34.6 Å². The third-order valence-corrected chi connectivity index (χ3v) is 15.8. The van der Waals surface area contributed by atoms with E-state index in [2.05, 4.69) is 69.1 Å². The molecule has 382 valence electrons. The summed E-state index contributed by atoms with van der Waals surface area (Å²) in [6, 6.07) is 20.2. The van der Waals surface area contributed by atoms with Gasteiger partial charge in [0.2, 0.25) is 0 Å². The number of fused-ring (bicyclic) bond motifs is 4. The van der Waals surface area contributed by atoms with E-state index in [4.69, 9.17) is 23.7 Å². The smallest absolute Gasteiger partial charge is 0.361 e. The fourth-order valence-electron chi connectivity index (χ4n) is 8.92. The lowest BCUT2D eigenvalue weighted by molar-refractivity contribution is -0.149. The van der Waals surface area contributed by atoms with Gasteiger partial charge in [-0.1, -0.05) is 105 Å². The van der Waals surface area contributed by atoms with Crippen LogP contribution in [0.4, 0.5) is 23.0 Å². The van der Waals surface area contributed by atoms with Crippen molar-refractivity contribution >= 4 is 61.0 Å². The van der Waals surface area contributed by atoms with Crippen LogP contribution in [0.1, 0.15) is 116 Å². The van der Waals surface area contributed by atoms with E-state index in [9.17, 15) is 31.2 Å². The topological polar surface area (TPSA) is 225 Å². The van der Waals surface area contributed by atoms with Gasteiger partial charge in [-0.05, 0) is 79.2 Å². The van der Waals surface area contributed by atoms with Crippen LogP contribution in [0.5, 0.6) is 11.8 Å². The predicted molar refractivity (Wildman–Crippen MR) is 265 cm³/mol. The van der Waals surface area contributed by atoms with E-state index in [-0.39, 0.29) is 74.1 Å². The van der Waals surface area contributed by atoms with Gasteiger partial charge in [0.15, 0.2) is 29.6 Å². The minimum atomic E-state index is -4.22. The number of nitrogens with one attached hydrogen (secondary N) is 2. The standard InChI is InChI=1S/C30H43N3O7S.C21H21N3O5S/c1-17(2)39-23(34)16-38-28-32-24(26-31-21-12-10-11-13-22(21)41(36,37)33(26)28)27(35)40-25-19(29(4,5)6)14-18(3)15-20(25)30(7,8)9;1-14(2)11-29-21(25)19-20-23-17-9-8-16(28-12-15-6-4-3-5-7-15)10-18(17)30(26,27)24(20)13-22-19/h10-13,17-20,25,31H,14-16H2,1-9H3;3-10,13-14,23H,11-12H2,1-2H3. The summed E-state index contributed by atoms with van der Waals surface area (Å²) in [4.78, 5) is 46.8. The lowest BCUT2D eigenvalue weighted by Crippen LogP contribution is -2.49. The molecule has 2 atom stereocenters. The SMILES string of the molecule is CC(C)COC(=O)c1ncn2c1Nc1ccc(OCc3ccccc3)cc1S2(=O)=O.CC1CC(C(C)(C)C)C(OC(=O)c2nc(OCC(=O)OC(C)C)n3c2Nc2ccccc2S3(=O)=O)C(C(C)(C)C)C1. The summed E-state index contributed by atoms with van der Waals surface area (Å²) in [5, 5.41) is 6.02. The second-order valence-corrected chi connectivity index (χ2v) is 24.5. The number of hydrogen-bond acceptors (Lipinski definition) is 16. The first-order chi connectivity index (χ1) is 33.3. The molecule has 0 bridgehead atoms. The molecule has 2 unspecified atom stereocenters. The fraction of sp³-hybridized carbons (Fsp3) is 0.471. The molecule has 0 saturated heterocycles. The molecule has 3 aliphatic rings. The second kappa shape index (κ2) is 20.4. The van der Waals surface area contributed by atoms with Crippen LogP contribution in [0.3, 0.4) is 0 Å². The van der Waals surface area contributed by atoms with E-state index in [1.165, 1.54) is 12.1 Å². The van der Waals surface area contributed by atoms with E-state index < -0.39 is 56.7 Å². The Morgan fingerprint density at radius 2 is 1.37 bits per heavy atom. The van der Waals surface area contributed by atoms with Gasteiger partial charge in [-0.3, -0.25) is 0 Å². The zero-order valence-corrected chi connectivity index (χ0v) is 43.6. The monoisotopic (exact) mass is 1020 g/mol. The number of carbonyl (C=O) groups is 3. The minimum Gasteiger partial charge on any atom is -0.489 e. The molecule has 8 rings (SSSR count). The molecule has 2 N–H and O–H groups in total.